The van der Waals surface area contributed by atoms with Crippen LogP contribution in [-0.4, -0.2) is 52.9 Å². The first-order valence-electron chi connectivity index (χ1n) is 8.50. The van der Waals surface area contributed by atoms with Gasteiger partial charge in [-0.2, -0.15) is 18.2 Å². The second kappa shape index (κ2) is 7.91. The number of nitrogens with two attached hydrogens (primary N) is 1. The predicted molar refractivity (Wildman–Crippen MR) is 102 cm³/mol. The van der Waals surface area contributed by atoms with E-state index in [1.165, 1.54) is 0 Å². The molecule has 1 aliphatic heterocycles. The van der Waals surface area contributed by atoms with E-state index in [2.05, 4.69) is 27.1 Å². The Hall–Kier alpha value is -2.79. The molecule has 0 unspecified atom stereocenters. The Balaban J connectivity index is 0.000000298. The summed E-state index contributed by atoms with van der Waals surface area (Å²) in [5, 5.41) is 12.0. The molecule has 3 heterocycles. The molecule has 4 rings (SSSR count). The van der Waals surface area contributed by atoms with Gasteiger partial charge in [-0.15, -0.1) is 0 Å². The van der Waals surface area contributed by atoms with Crippen LogP contribution in [0, 0.1) is 0 Å². The molecule has 8 nitrogen and oxygen atoms in total. The van der Waals surface area contributed by atoms with Crippen LogP contribution in [0.2, 0.25) is 5.02 Å². The lowest BCUT2D eigenvalue weighted by Gasteiger charge is -2.34. The largest absolute Gasteiger partial charge is 0.490 e. The number of benzene rings is 1. The normalized spacial score (nSPS) is 17.3. The van der Waals surface area contributed by atoms with Gasteiger partial charge in [0.15, 0.2) is 11.4 Å². The molecule has 1 aliphatic rings. The number of aromatic nitrogens is 2. The van der Waals surface area contributed by atoms with Gasteiger partial charge in [-0.05, 0) is 25.1 Å². The van der Waals surface area contributed by atoms with Gasteiger partial charge in [0.2, 0.25) is 5.95 Å². The average Bonchev–Trinajstić information content (AvgIpc) is 2.99. The lowest BCUT2D eigenvalue weighted by atomic mass is 10.2. The molecule has 29 heavy (non-hydrogen) atoms. The van der Waals surface area contributed by atoms with E-state index in [4.69, 9.17) is 31.7 Å². The fourth-order valence-electron chi connectivity index (χ4n) is 2.97. The number of nitrogens with zero attached hydrogens (tertiary/aromatic N) is 3. The van der Waals surface area contributed by atoms with E-state index < -0.39 is 12.1 Å². The van der Waals surface area contributed by atoms with Crippen molar-refractivity contribution in [1.82, 2.24) is 15.3 Å². The molecule has 2 aromatic heterocycles. The minimum absolute atomic E-state index is 0.246. The van der Waals surface area contributed by atoms with Gasteiger partial charge in [-0.25, -0.2) is 9.78 Å². The second-order valence-corrected chi connectivity index (χ2v) is 6.81. The molecule has 0 saturated carbocycles. The van der Waals surface area contributed by atoms with E-state index in [9.17, 15) is 13.2 Å². The van der Waals surface area contributed by atoms with Gasteiger partial charge < -0.3 is 25.5 Å². The molecule has 0 bridgehead atoms. The van der Waals surface area contributed by atoms with Crippen LogP contribution < -0.4 is 16.0 Å². The second-order valence-electron chi connectivity index (χ2n) is 6.38. The minimum atomic E-state index is -5.08. The first-order chi connectivity index (χ1) is 13.6. The Morgan fingerprint density at radius 3 is 2.72 bits per heavy atom. The smallest absolute Gasteiger partial charge is 0.475 e. The molecule has 1 aromatic carbocycles. The van der Waals surface area contributed by atoms with Crippen LogP contribution in [0.1, 0.15) is 6.92 Å². The van der Waals surface area contributed by atoms with Crippen molar-refractivity contribution in [3.8, 4) is 0 Å². The zero-order chi connectivity index (χ0) is 21.3. The van der Waals surface area contributed by atoms with Crippen LogP contribution in [0.5, 0.6) is 0 Å². The maximum atomic E-state index is 10.6. The Morgan fingerprint density at radius 1 is 1.41 bits per heavy atom. The zero-order valence-electron chi connectivity index (χ0n) is 15.1. The number of furan rings is 1. The van der Waals surface area contributed by atoms with Gasteiger partial charge in [0.05, 0.1) is 0 Å². The number of alkyl halides is 3. The Morgan fingerprint density at radius 2 is 2.10 bits per heavy atom. The van der Waals surface area contributed by atoms with Gasteiger partial charge in [-0.3, -0.25) is 0 Å². The van der Waals surface area contributed by atoms with Crippen molar-refractivity contribution in [3.05, 3.63) is 23.2 Å². The molecule has 1 atom stereocenters. The topological polar surface area (TPSA) is 118 Å². The van der Waals surface area contributed by atoms with Crippen LogP contribution in [0.4, 0.5) is 24.9 Å². The van der Waals surface area contributed by atoms with Crippen LogP contribution in [-0.2, 0) is 4.79 Å². The maximum Gasteiger partial charge on any atom is 0.490 e. The highest BCUT2D eigenvalue weighted by Crippen LogP contribution is 2.35. The van der Waals surface area contributed by atoms with E-state index in [-0.39, 0.29) is 5.95 Å². The Kier molecular flexibility index (Phi) is 5.71. The number of fused-ring (bicyclic) bond motifs is 3. The van der Waals surface area contributed by atoms with Crippen molar-refractivity contribution < 1.29 is 27.5 Å². The molecule has 1 saturated heterocycles. The van der Waals surface area contributed by atoms with Crippen molar-refractivity contribution in [1.29, 1.82) is 0 Å². The number of nitrogens with one attached hydrogen (secondary N) is 1. The fraction of sp³-hybridized carbons (Fsp3) is 0.353. The first kappa shape index (κ1) is 20.9. The number of carboxylic acid groups (broad SMARTS) is 1. The summed E-state index contributed by atoms with van der Waals surface area (Å²) in [7, 11) is 0. The van der Waals surface area contributed by atoms with Crippen LogP contribution in [0.3, 0.4) is 0 Å². The third kappa shape index (κ3) is 4.46. The summed E-state index contributed by atoms with van der Waals surface area (Å²) in [6.07, 6.45) is -5.08. The molecule has 12 heteroatoms. The highest BCUT2D eigenvalue weighted by Gasteiger charge is 2.38. The number of nitrogen functional groups attached to an aromatic ring is 1. The van der Waals surface area contributed by atoms with Crippen molar-refractivity contribution in [2.45, 2.75) is 19.1 Å². The molecular weight excluding hydrogens is 415 g/mol. The fourth-order valence-corrected chi connectivity index (χ4v) is 3.14. The molecule has 0 aliphatic carbocycles. The van der Waals surface area contributed by atoms with Crippen molar-refractivity contribution in [2.24, 2.45) is 0 Å². The van der Waals surface area contributed by atoms with Gasteiger partial charge in [0.1, 0.15) is 11.1 Å². The number of hydrogen-bond donors (Lipinski definition) is 3. The summed E-state index contributed by atoms with van der Waals surface area (Å²) in [4.78, 5) is 19.9. The number of piperazine rings is 1. The van der Waals surface area contributed by atoms with E-state index >= 15 is 0 Å². The lowest BCUT2D eigenvalue weighted by molar-refractivity contribution is -0.192. The monoisotopic (exact) mass is 431 g/mol. The third-order valence-electron chi connectivity index (χ3n) is 4.29. The SMILES string of the molecule is C[C@@H]1CNCCN1c1nc(N)nc2c1oc1ccc(Cl)cc12.O=C(O)C(F)(F)F. The molecule has 4 N–H and O–H groups in total. The molecule has 0 radical (unpaired) electrons. The highest BCUT2D eigenvalue weighted by atomic mass is 35.5. The Bertz CT molecular complexity index is 1060. The minimum Gasteiger partial charge on any atom is -0.475 e. The summed E-state index contributed by atoms with van der Waals surface area (Å²) in [6.45, 7) is 4.81. The number of carboxylic acids is 1. The van der Waals surface area contributed by atoms with Gasteiger partial charge in [-0.1, -0.05) is 11.6 Å². The van der Waals surface area contributed by atoms with Crippen LogP contribution in [0.25, 0.3) is 22.1 Å². The van der Waals surface area contributed by atoms with E-state index in [1.54, 1.807) is 6.07 Å². The lowest BCUT2D eigenvalue weighted by Crippen LogP contribution is -2.50. The molecule has 156 valence electrons. The molecule has 0 spiro atoms. The maximum absolute atomic E-state index is 10.6. The number of rotatable bonds is 1. The van der Waals surface area contributed by atoms with Gasteiger partial charge in [0.25, 0.3) is 0 Å². The summed E-state index contributed by atoms with van der Waals surface area (Å²) >= 11 is 6.09. The molecule has 0 amide bonds. The molecule has 3 aromatic rings. The highest BCUT2D eigenvalue weighted by molar-refractivity contribution is 6.31. The summed E-state index contributed by atoms with van der Waals surface area (Å²) < 4.78 is 37.7. The van der Waals surface area contributed by atoms with Crippen LogP contribution >= 0.6 is 11.6 Å². The average molecular weight is 432 g/mol. The van der Waals surface area contributed by atoms with Gasteiger partial charge in [0, 0.05) is 36.1 Å². The Labute approximate surface area is 167 Å². The number of carbonyl (C=O) groups is 1. The van der Waals surface area contributed by atoms with E-state index in [1.807, 2.05) is 12.1 Å². The number of aliphatic carboxylic acids is 1. The van der Waals surface area contributed by atoms with Crippen molar-refractivity contribution in [2.75, 3.05) is 30.3 Å². The first-order valence-corrected chi connectivity index (χ1v) is 8.88. The van der Waals surface area contributed by atoms with E-state index in [0.717, 1.165) is 36.4 Å². The van der Waals surface area contributed by atoms with Gasteiger partial charge >= 0.3 is 12.1 Å². The third-order valence-corrected chi connectivity index (χ3v) is 4.52. The number of halogens is 4. The van der Waals surface area contributed by atoms with E-state index in [0.29, 0.717) is 22.2 Å². The summed E-state index contributed by atoms with van der Waals surface area (Å²) in [6, 6.07) is 5.81. The summed E-state index contributed by atoms with van der Waals surface area (Å²) in [5.41, 5.74) is 8.05. The number of anilines is 2. The van der Waals surface area contributed by atoms with Crippen molar-refractivity contribution in [3.63, 3.8) is 0 Å². The standard InChI is InChI=1S/C15H16ClN5O.C2HF3O2/c1-8-7-18-4-5-21(8)14-13-12(19-15(17)20-14)10-6-9(16)2-3-11(10)22-13;3-2(4,5)1(6)7/h2-3,6,8,18H,4-5,7H2,1H3,(H2,17,19,20);(H,6,7)/t8-;/m1./s1. The molecular formula is C17H17ClF3N5O3. The van der Waals surface area contributed by atoms with Crippen LogP contribution in [0.15, 0.2) is 22.6 Å². The zero-order valence-corrected chi connectivity index (χ0v) is 15.9. The van der Waals surface area contributed by atoms with Crippen molar-refractivity contribution >= 4 is 51.4 Å². The summed E-state index contributed by atoms with van der Waals surface area (Å²) in [5.74, 6) is -1.76. The quantitative estimate of drug-likeness (QED) is 0.538. The molecule has 1 fully saturated rings. The number of hydrogen-bond acceptors (Lipinski definition) is 7. The predicted octanol–water partition coefficient (Wildman–Crippen LogP) is 3.04.